The van der Waals surface area contributed by atoms with Crippen LogP contribution in [0.4, 0.5) is 5.82 Å². The summed E-state index contributed by atoms with van der Waals surface area (Å²) >= 11 is 0. The summed E-state index contributed by atoms with van der Waals surface area (Å²) in [5.74, 6) is -2.01. The number of hydrogen-bond acceptors (Lipinski definition) is 5. The van der Waals surface area contributed by atoms with Crippen molar-refractivity contribution in [3.8, 4) is 0 Å². The summed E-state index contributed by atoms with van der Waals surface area (Å²) in [6.45, 7) is 5.45. The Morgan fingerprint density at radius 1 is 1.19 bits per heavy atom. The molecule has 0 aliphatic rings. The summed E-state index contributed by atoms with van der Waals surface area (Å²) in [6.07, 6.45) is 2.52. The lowest BCUT2D eigenvalue weighted by atomic mass is 9.96. The van der Waals surface area contributed by atoms with Gasteiger partial charge in [-0.2, -0.15) is 0 Å². The monoisotopic (exact) mass is 294 g/mol. The summed E-state index contributed by atoms with van der Waals surface area (Å²) in [6, 6.07) is 0. The first kappa shape index (κ1) is 16.5. The summed E-state index contributed by atoms with van der Waals surface area (Å²) < 4.78 is 0. The van der Waals surface area contributed by atoms with Gasteiger partial charge in [0.1, 0.15) is 0 Å². The van der Waals surface area contributed by atoms with Crippen LogP contribution in [0.5, 0.6) is 0 Å². The quantitative estimate of drug-likeness (QED) is 0.733. The van der Waals surface area contributed by atoms with Crippen LogP contribution in [0.2, 0.25) is 0 Å². The maximum Gasteiger partial charge on any atom is 0.358 e. The number of aromatic carboxylic acids is 1. The van der Waals surface area contributed by atoms with Crippen LogP contribution < -0.4 is 10.6 Å². The fraction of sp³-hybridized carbons (Fsp3) is 0.462. The molecule has 1 aromatic rings. The second-order valence-electron chi connectivity index (χ2n) is 5.36. The van der Waals surface area contributed by atoms with Crippen LogP contribution in [-0.4, -0.2) is 39.4 Å². The number of aromatic nitrogens is 2. The number of anilines is 1. The standard InChI is InChI=1S/C13H18N4O4/c1-13(2,3)12(21)16-5-4-8(18)17-10-9(11(19)20)14-6-7-15-10/h6-7H,4-5H2,1-3H3,(H,16,21)(H,19,20)(H,15,17,18). The van der Waals surface area contributed by atoms with Gasteiger partial charge in [0.25, 0.3) is 0 Å². The van der Waals surface area contributed by atoms with E-state index in [1.165, 1.54) is 12.4 Å². The minimum atomic E-state index is -1.28. The van der Waals surface area contributed by atoms with E-state index in [4.69, 9.17) is 5.11 Å². The van der Waals surface area contributed by atoms with E-state index in [9.17, 15) is 14.4 Å². The zero-order valence-electron chi connectivity index (χ0n) is 12.1. The van der Waals surface area contributed by atoms with Crippen molar-refractivity contribution in [2.75, 3.05) is 11.9 Å². The Morgan fingerprint density at radius 2 is 1.81 bits per heavy atom. The molecule has 0 radical (unpaired) electrons. The number of hydrogen-bond donors (Lipinski definition) is 3. The Balaban J connectivity index is 2.52. The number of carboxylic acid groups (broad SMARTS) is 1. The van der Waals surface area contributed by atoms with Gasteiger partial charge in [0.15, 0.2) is 11.5 Å². The van der Waals surface area contributed by atoms with Gasteiger partial charge in [-0.15, -0.1) is 0 Å². The number of rotatable bonds is 5. The van der Waals surface area contributed by atoms with Gasteiger partial charge < -0.3 is 15.7 Å². The SMILES string of the molecule is CC(C)(C)C(=O)NCCC(=O)Nc1nccnc1C(=O)O. The van der Waals surface area contributed by atoms with Crippen molar-refractivity contribution in [1.29, 1.82) is 0 Å². The predicted molar refractivity (Wildman–Crippen MR) is 74.7 cm³/mol. The average Bonchev–Trinajstić information content (AvgIpc) is 2.37. The highest BCUT2D eigenvalue weighted by Gasteiger charge is 2.21. The van der Waals surface area contributed by atoms with Crippen molar-refractivity contribution in [2.24, 2.45) is 5.41 Å². The van der Waals surface area contributed by atoms with E-state index in [0.29, 0.717) is 0 Å². The molecule has 0 bridgehead atoms. The fourth-order valence-electron chi connectivity index (χ4n) is 1.34. The minimum Gasteiger partial charge on any atom is -0.476 e. The van der Waals surface area contributed by atoms with Gasteiger partial charge in [-0.3, -0.25) is 9.59 Å². The van der Waals surface area contributed by atoms with E-state index in [-0.39, 0.29) is 30.4 Å². The van der Waals surface area contributed by atoms with Gasteiger partial charge in [-0.25, -0.2) is 14.8 Å². The van der Waals surface area contributed by atoms with Gasteiger partial charge in [0.05, 0.1) is 0 Å². The lowest BCUT2D eigenvalue weighted by Crippen LogP contribution is -2.36. The van der Waals surface area contributed by atoms with E-state index in [1.807, 2.05) is 0 Å². The van der Waals surface area contributed by atoms with Crippen molar-refractivity contribution in [1.82, 2.24) is 15.3 Å². The molecule has 2 amide bonds. The maximum atomic E-state index is 11.7. The second kappa shape index (κ2) is 6.78. The highest BCUT2D eigenvalue weighted by Crippen LogP contribution is 2.12. The number of carboxylic acids is 1. The van der Waals surface area contributed by atoms with Crippen LogP contribution >= 0.6 is 0 Å². The fourth-order valence-corrected chi connectivity index (χ4v) is 1.34. The Labute approximate surface area is 122 Å². The normalized spacial score (nSPS) is 10.8. The second-order valence-corrected chi connectivity index (χ2v) is 5.36. The van der Waals surface area contributed by atoms with E-state index in [0.717, 1.165) is 0 Å². The molecule has 8 nitrogen and oxygen atoms in total. The lowest BCUT2D eigenvalue weighted by Gasteiger charge is -2.17. The number of nitrogens with zero attached hydrogens (tertiary/aromatic N) is 2. The molecular formula is C13H18N4O4. The van der Waals surface area contributed by atoms with Crippen LogP contribution in [0, 0.1) is 5.41 Å². The third kappa shape index (κ3) is 5.17. The smallest absolute Gasteiger partial charge is 0.358 e. The molecule has 0 aliphatic heterocycles. The van der Waals surface area contributed by atoms with Crippen LogP contribution in [0.15, 0.2) is 12.4 Å². The van der Waals surface area contributed by atoms with Crippen LogP contribution in [0.3, 0.4) is 0 Å². The summed E-state index contributed by atoms with van der Waals surface area (Å²) in [7, 11) is 0. The van der Waals surface area contributed by atoms with Gasteiger partial charge in [-0.1, -0.05) is 20.8 Å². The van der Waals surface area contributed by atoms with Crippen molar-refractivity contribution in [2.45, 2.75) is 27.2 Å². The molecule has 1 aromatic heterocycles. The van der Waals surface area contributed by atoms with Crippen LogP contribution in [-0.2, 0) is 9.59 Å². The molecule has 0 saturated heterocycles. The molecule has 0 aliphatic carbocycles. The molecule has 8 heteroatoms. The molecule has 0 saturated carbocycles. The zero-order chi connectivity index (χ0) is 16.0. The van der Waals surface area contributed by atoms with E-state index >= 15 is 0 Å². The molecule has 0 aromatic carbocycles. The first-order valence-corrected chi connectivity index (χ1v) is 6.34. The van der Waals surface area contributed by atoms with Gasteiger partial charge in [-0.05, 0) is 0 Å². The zero-order valence-corrected chi connectivity index (χ0v) is 12.1. The third-order valence-electron chi connectivity index (χ3n) is 2.48. The van der Waals surface area contributed by atoms with Gasteiger partial charge >= 0.3 is 5.97 Å². The molecule has 0 spiro atoms. The molecule has 0 fully saturated rings. The number of carbonyl (C=O) groups is 3. The Kier molecular flexibility index (Phi) is 5.34. The highest BCUT2D eigenvalue weighted by atomic mass is 16.4. The van der Waals surface area contributed by atoms with E-state index in [2.05, 4.69) is 20.6 Å². The molecule has 1 rings (SSSR count). The first-order valence-electron chi connectivity index (χ1n) is 6.34. The van der Waals surface area contributed by atoms with Crippen molar-refractivity contribution in [3.63, 3.8) is 0 Å². The lowest BCUT2D eigenvalue weighted by molar-refractivity contribution is -0.128. The Hall–Kier alpha value is -2.51. The molecular weight excluding hydrogens is 276 g/mol. The predicted octanol–water partition coefficient (Wildman–Crippen LogP) is 0.666. The van der Waals surface area contributed by atoms with Gasteiger partial charge in [0, 0.05) is 30.8 Å². The summed E-state index contributed by atoms with van der Waals surface area (Å²) in [4.78, 5) is 41.6. The molecule has 1 heterocycles. The van der Waals surface area contributed by atoms with Crippen LogP contribution in [0.25, 0.3) is 0 Å². The first-order chi connectivity index (χ1) is 9.71. The van der Waals surface area contributed by atoms with Crippen molar-refractivity contribution < 1.29 is 19.5 Å². The largest absolute Gasteiger partial charge is 0.476 e. The number of amides is 2. The minimum absolute atomic E-state index is 0.0114. The number of nitrogens with one attached hydrogen (secondary N) is 2. The summed E-state index contributed by atoms with van der Waals surface area (Å²) in [5, 5.41) is 13.9. The van der Waals surface area contributed by atoms with E-state index in [1.54, 1.807) is 20.8 Å². The molecule has 114 valence electrons. The van der Waals surface area contributed by atoms with E-state index < -0.39 is 17.3 Å². The Morgan fingerprint density at radius 3 is 2.38 bits per heavy atom. The van der Waals surface area contributed by atoms with Gasteiger partial charge in [0.2, 0.25) is 11.8 Å². The van der Waals surface area contributed by atoms with Crippen molar-refractivity contribution in [3.05, 3.63) is 18.1 Å². The number of carbonyl (C=O) groups excluding carboxylic acids is 2. The molecule has 0 unspecified atom stereocenters. The summed E-state index contributed by atoms with van der Waals surface area (Å²) in [5.41, 5.74) is -0.859. The average molecular weight is 294 g/mol. The maximum absolute atomic E-state index is 11.7. The topological polar surface area (TPSA) is 121 Å². The third-order valence-corrected chi connectivity index (χ3v) is 2.48. The highest BCUT2D eigenvalue weighted by molar-refractivity contribution is 5.97. The Bertz CT molecular complexity index is 551. The van der Waals surface area contributed by atoms with Crippen molar-refractivity contribution >= 4 is 23.6 Å². The molecule has 0 atom stereocenters. The molecule has 3 N–H and O–H groups in total. The molecule has 21 heavy (non-hydrogen) atoms. The van der Waals surface area contributed by atoms with Crippen LogP contribution in [0.1, 0.15) is 37.7 Å².